The molecule has 0 unspecified atom stereocenters. The van der Waals surface area contributed by atoms with Gasteiger partial charge in [-0.3, -0.25) is 14.5 Å². The third kappa shape index (κ3) is 5.11. The minimum atomic E-state index is -4.42. The van der Waals surface area contributed by atoms with Gasteiger partial charge in [0.2, 0.25) is 11.0 Å². The van der Waals surface area contributed by atoms with E-state index in [9.17, 15) is 18.3 Å². The number of pyridine rings is 1. The number of aromatic hydroxyl groups is 1. The average Bonchev–Trinajstić information content (AvgIpc) is 3.11. The zero-order valence-corrected chi connectivity index (χ0v) is 21.7. The maximum Gasteiger partial charge on any atom is 0.416 e. The highest BCUT2D eigenvalue weighted by Crippen LogP contribution is 2.40. The largest absolute Gasteiger partial charge is 0.493 e. The van der Waals surface area contributed by atoms with Gasteiger partial charge >= 0.3 is 6.18 Å². The Labute approximate surface area is 223 Å². The van der Waals surface area contributed by atoms with Crippen molar-refractivity contribution in [2.24, 2.45) is 16.0 Å². The lowest BCUT2D eigenvalue weighted by Crippen LogP contribution is -2.46. The van der Waals surface area contributed by atoms with Crippen molar-refractivity contribution >= 4 is 66.4 Å². The van der Waals surface area contributed by atoms with E-state index in [4.69, 9.17) is 18.0 Å². The van der Waals surface area contributed by atoms with Gasteiger partial charge < -0.3 is 15.7 Å². The first-order valence-electron chi connectivity index (χ1n) is 11.3. The van der Waals surface area contributed by atoms with E-state index in [2.05, 4.69) is 40.9 Å². The summed E-state index contributed by atoms with van der Waals surface area (Å²) in [6.45, 7) is 3.04. The predicted octanol–water partition coefficient (Wildman–Crippen LogP) is 5.78. The topological polar surface area (TPSA) is 95.3 Å². The molecule has 0 saturated carbocycles. The Hall–Kier alpha value is -3.29. The second-order valence-electron chi connectivity index (χ2n) is 8.61. The monoisotopic (exact) mass is 591 g/mol. The molecule has 8 nitrogen and oxygen atoms in total. The summed E-state index contributed by atoms with van der Waals surface area (Å²) in [7, 11) is 0. The molecule has 0 atom stereocenters. The lowest BCUT2D eigenvalue weighted by atomic mass is 10.1. The van der Waals surface area contributed by atoms with Crippen LogP contribution in [-0.4, -0.2) is 50.8 Å². The van der Waals surface area contributed by atoms with Crippen LogP contribution in [0.1, 0.15) is 5.56 Å². The van der Waals surface area contributed by atoms with Crippen molar-refractivity contribution in [1.29, 1.82) is 0 Å². The number of azo groups is 1. The van der Waals surface area contributed by atoms with Crippen molar-refractivity contribution < 1.29 is 18.3 Å². The van der Waals surface area contributed by atoms with Gasteiger partial charge in [-0.1, -0.05) is 22.0 Å². The van der Waals surface area contributed by atoms with Gasteiger partial charge in [0, 0.05) is 53.3 Å². The van der Waals surface area contributed by atoms with Gasteiger partial charge in [-0.15, -0.1) is 10.2 Å². The van der Waals surface area contributed by atoms with E-state index in [0.717, 1.165) is 27.8 Å². The second-order valence-corrected chi connectivity index (χ2v) is 9.94. The highest BCUT2D eigenvalue weighted by Gasteiger charge is 2.31. The molecule has 1 saturated heterocycles. The van der Waals surface area contributed by atoms with Crippen LogP contribution < -0.4 is 10.6 Å². The molecule has 1 aliphatic rings. The van der Waals surface area contributed by atoms with Gasteiger partial charge in [-0.2, -0.15) is 13.2 Å². The second kappa shape index (κ2) is 9.88. The SMILES string of the molecule is NC(=S)N=Nc1c(O)n(CN2CCN(c3ccnc4cc(C(F)(F)F)ccc34)CC2)c2cc(Br)ccc12. The predicted molar refractivity (Wildman–Crippen MR) is 143 cm³/mol. The molecule has 5 rings (SSSR count). The number of hydrogen-bond donors (Lipinski definition) is 2. The number of alkyl halides is 3. The zero-order chi connectivity index (χ0) is 26.3. The maximum absolute atomic E-state index is 13.1. The number of rotatable bonds is 4. The Kier molecular flexibility index (Phi) is 6.77. The summed E-state index contributed by atoms with van der Waals surface area (Å²) in [5.41, 5.74) is 6.94. The van der Waals surface area contributed by atoms with Crippen LogP contribution in [0.2, 0.25) is 0 Å². The Morgan fingerprint density at radius 1 is 1.08 bits per heavy atom. The normalized spacial score (nSPS) is 15.3. The molecule has 37 heavy (non-hydrogen) atoms. The summed E-state index contributed by atoms with van der Waals surface area (Å²) in [5, 5.41) is 20.0. The summed E-state index contributed by atoms with van der Waals surface area (Å²) in [6.07, 6.45) is -2.88. The number of hydrogen-bond acceptors (Lipinski definition) is 6. The van der Waals surface area contributed by atoms with Crippen molar-refractivity contribution in [3.8, 4) is 5.88 Å². The lowest BCUT2D eigenvalue weighted by molar-refractivity contribution is -0.137. The number of aromatic nitrogens is 2. The van der Waals surface area contributed by atoms with E-state index in [0.29, 0.717) is 49.1 Å². The number of nitrogens with two attached hydrogens (primary N) is 1. The minimum absolute atomic E-state index is 0.0453. The smallest absolute Gasteiger partial charge is 0.416 e. The molecule has 3 heterocycles. The van der Waals surface area contributed by atoms with Gasteiger partial charge in [0.15, 0.2) is 5.69 Å². The van der Waals surface area contributed by atoms with Crippen LogP contribution in [0, 0.1) is 0 Å². The number of fused-ring (bicyclic) bond motifs is 2. The van der Waals surface area contributed by atoms with E-state index >= 15 is 0 Å². The summed E-state index contributed by atoms with van der Waals surface area (Å²) in [4.78, 5) is 8.47. The number of piperazine rings is 1. The van der Waals surface area contributed by atoms with Gasteiger partial charge in [0.1, 0.15) is 0 Å². The van der Waals surface area contributed by atoms with Crippen LogP contribution in [0.4, 0.5) is 24.5 Å². The molecule has 2 aromatic heterocycles. The molecule has 13 heteroatoms. The molecule has 0 radical (unpaired) electrons. The van der Waals surface area contributed by atoms with E-state index < -0.39 is 11.7 Å². The Morgan fingerprint density at radius 3 is 2.51 bits per heavy atom. The fourth-order valence-electron chi connectivity index (χ4n) is 4.55. The number of thiocarbonyl (C=S) groups is 1. The van der Waals surface area contributed by atoms with Crippen LogP contribution in [0.5, 0.6) is 5.88 Å². The molecular weight excluding hydrogens is 571 g/mol. The number of anilines is 1. The Balaban J connectivity index is 1.37. The fraction of sp³-hybridized carbons (Fsp3) is 0.250. The van der Waals surface area contributed by atoms with E-state index in [1.165, 1.54) is 12.3 Å². The van der Waals surface area contributed by atoms with Crippen molar-refractivity contribution in [3.05, 3.63) is 58.7 Å². The molecular formula is C24H21BrF3N7OS. The third-order valence-electron chi connectivity index (χ3n) is 6.32. The minimum Gasteiger partial charge on any atom is -0.493 e. The molecule has 1 fully saturated rings. The maximum atomic E-state index is 13.1. The molecule has 0 amide bonds. The molecule has 2 aromatic carbocycles. The summed E-state index contributed by atoms with van der Waals surface area (Å²) >= 11 is 8.26. The van der Waals surface area contributed by atoms with Crippen LogP contribution in [0.25, 0.3) is 21.8 Å². The Bertz CT molecular complexity index is 1530. The average molecular weight is 592 g/mol. The molecule has 0 aliphatic carbocycles. The quantitative estimate of drug-likeness (QED) is 0.231. The molecule has 3 N–H and O–H groups in total. The van der Waals surface area contributed by atoms with Gasteiger partial charge in [0.05, 0.1) is 23.3 Å². The first-order valence-corrected chi connectivity index (χ1v) is 12.5. The molecule has 4 aromatic rings. The van der Waals surface area contributed by atoms with Gasteiger partial charge in [-0.25, -0.2) is 0 Å². The first-order chi connectivity index (χ1) is 17.6. The summed E-state index contributed by atoms with van der Waals surface area (Å²) < 4.78 is 42.0. The standard InChI is InChI=1S/C24H21BrF3N7OS/c25-15-2-4-17-20(12-15)35(22(36)21(17)31-32-23(29)37)13-33-7-9-34(10-8-33)19-5-6-30-18-11-14(24(26,27)28)1-3-16(18)19/h1-6,11-12,36H,7-10,13H2,(H2,29,37). The van der Waals surface area contributed by atoms with Gasteiger partial charge in [-0.05, 0) is 48.6 Å². The van der Waals surface area contributed by atoms with Gasteiger partial charge in [0.25, 0.3) is 0 Å². The first kappa shape index (κ1) is 25.4. The van der Waals surface area contributed by atoms with Crippen molar-refractivity contribution in [2.45, 2.75) is 12.8 Å². The molecule has 1 aliphatic heterocycles. The summed E-state index contributed by atoms with van der Waals surface area (Å²) in [5.74, 6) is -0.0453. The van der Waals surface area contributed by atoms with Crippen LogP contribution in [0.3, 0.4) is 0 Å². The molecule has 0 bridgehead atoms. The van der Waals surface area contributed by atoms with Crippen molar-refractivity contribution in [1.82, 2.24) is 14.5 Å². The van der Waals surface area contributed by atoms with E-state index in [1.54, 1.807) is 4.57 Å². The van der Waals surface area contributed by atoms with Crippen molar-refractivity contribution in [2.75, 3.05) is 31.1 Å². The third-order valence-corrected chi connectivity index (χ3v) is 6.90. The zero-order valence-electron chi connectivity index (χ0n) is 19.3. The summed E-state index contributed by atoms with van der Waals surface area (Å²) in [6, 6.07) is 11.1. The van der Waals surface area contributed by atoms with Crippen LogP contribution >= 0.6 is 28.1 Å². The number of halogens is 4. The van der Waals surface area contributed by atoms with Crippen molar-refractivity contribution in [3.63, 3.8) is 0 Å². The highest BCUT2D eigenvalue weighted by atomic mass is 79.9. The number of nitrogens with zero attached hydrogens (tertiary/aromatic N) is 6. The number of benzene rings is 2. The van der Waals surface area contributed by atoms with Crippen LogP contribution in [-0.2, 0) is 12.8 Å². The molecule has 192 valence electrons. The van der Waals surface area contributed by atoms with E-state index in [1.807, 2.05) is 24.3 Å². The fourth-order valence-corrected chi connectivity index (χ4v) is 4.94. The Morgan fingerprint density at radius 2 is 1.81 bits per heavy atom. The lowest BCUT2D eigenvalue weighted by Gasteiger charge is -2.36. The highest BCUT2D eigenvalue weighted by molar-refractivity contribution is 9.10. The van der Waals surface area contributed by atoms with Crippen LogP contribution in [0.15, 0.2) is 63.4 Å². The molecule has 0 spiro atoms. The van der Waals surface area contributed by atoms with E-state index in [-0.39, 0.29) is 16.7 Å².